The van der Waals surface area contributed by atoms with Crippen LogP contribution in [0.4, 0.5) is 26.3 Å². The fourth-order valence-electron chi connectivity index (χ4n) is 4.26. The van der Waals surface area contributed by atoms with Crippen LogP contribution in [0.1, 0.15) is 48.6 Å². The lowest BCUT2D eigenvalue weighted by atomic mass is 9.81. The number of amides is 1. The highest BCUT2D eigenvalue weighted by atomic mass is 32.2. The Hall–Kier alpha value is -2.75. The summed E-state index contributed by atoms with van der Waals surface area (Å²) in [6.45, 7) is 0.133. The van der Waals surface area contributed by atoms with Gasteiger partial charge in [0, 0.05) is 10.9 Å². The van der Waals surface area contributed by atoms with Crippen LogP contribution in [-0.2, 0) is 16.4 Å². The summed E-state index contributed by atoms with van der Waals surface area (Å²) in [6, 6.07) is 6.45. The highest BCUT2D eigenvalue weighted by Crippen LogP contribution is 2.41. The van der Waals surface area contributed by atoms with Crippen molar-refractivity contribution in [2.75, 3.05) is 6.54 Å². The quantitative estimate of drug-likeness (QED) is 0.270. The third-order valence-corrected chi connectivity index (χ3v) is 9.77. The van der Waals surface area contributed by atoms with Crippen LogP contribution in [0.15, 0.2) is 41.3 Å². The zero-order valence-electron chi connectivity index (χ0n) is 21.9. The Balaban J connectivity index is 1.75. The molecule has 0 saturated heterocycles. The van der Waals surface area contributed by atoms with Crippen molar-refractivity contribution >= 4 is 38.0 Å². The molecule has 4 rings (SSSR count). The van der Waals surface area contributed by atoms with Gasteiger partial charge in [-0.15, -0.1) is 11.3 Å². The van der Waals surface area contributed by atoms with Crippen LogP contribution >= 0.6 is 11.3 Å². The van der Waals surface area contributed by atoms with E-state index in [4.69, 9.17) is 0 Å². The maximum atomic E-state index is 13.1. The molecule has 0 aliphatic heterocycles. The van der Waals surface area contributed by atoms with Crippen LogP contribution in [0, 0.1) is 5.92 Å². The molecule has 1 amide bonds. The van der Waals surface area contributed by atoms with E-state index in [1.54, 1.807) is 16.9 Å². The minimum absolute atomic E-state index is 0.141. The van der Waals surface area contributed by atoms with E-state index in [1.165, 1.54) is 24.3 Å². The SMILES string of the molecule is C[C@H](NS(=O)(=O)c1ccc(-c2sc(C(=O)NCC(C)(O)C(F)(F)F)nc2CC2CCC2)c2ccccc12)C(F)(F)F. The second kappa shape index (κ2) is 11.2. The third-order valence-electron chi connectivity index (χ3n) is 7.04. The molecule has 224 valence electrons. The number of benzene rings is 2. The molecule has 1 unspecified atom stereocenters. The summed E-state index contributed by atoms with van der Waals surface area (Å²) in [5, 5.41) is 12.1. The largest absolute Gasteiger partial charge is 0.418 e. The lowest BCUT2D eigenvalue weighted by Crippen LogP contribution is -2.51. The first kappa shape index (κ1) is 31.2. The van der Waals surface area contributed by atoms with Crippen molar-refractivity contribution in [1.82, 2.24) is 15.0 Å². The molecule has 1 aromatic heterocycles. The first-order valence-corrected chi connectivity index (χ1v) is 14.9. The number of carbonyl (C=O) groups is 1. The number of aliphatic hydroxyl groups is 1. The Bertz CT molecular complexity index is 1550. The number of alkyl halides is 6. The highest BCUT2D eigenvalue weighted by Gasteiger charge is 2.50. The minimum atomic E-state index is -4.97. The molecule has 7 nitrogen and oxygen atoms in total. The van der Waals surface area contributed by atoms with E-state index in [1.807, 2.05) is 0 Å². The Morgan fingerprint density at radius 3 is 2.29 bits per heavy atom. The Labute approximate surface area is 236 Å². The molecular weight excluding hydrogens is 596 g/mol. The summed E-state index contributed by atoms with van der Waals surface area (Å²) >= 11 is 0.898. The van der Waals surface area contributed by atoms with Crippen LogP contribution in [0.25, 0.3) is 21.2 Å². The molecule has 2 aromatic carbocycles. The summed E-state index contributed by atoms with van der Waals surface area (Å²) in [7, 11) is -4.60. The van der Waals surface area contributed by atoms with Gasteiger partial charge in [0.05, 0.1) is 22.0 Å². The van der Waals surface area contributed by atoms with Gasteiger partial charge in [0.25, 0.3) is 5.91 Å². The lowest BCUT2D eigenvalue weighted by molar-refractivity contribution is -0.249. The average molecular weight is 624 g/mol. The molecule has 15 heteroatoms. The first-order valence-electron chi connectivity index (χ1n) is 12.6. The number of nitrogens with one attached hydrogen (secondary N) is 2. The fourth-order valence-corrected chi connectivity index (χ4v) is 6.75. The second-order valence-electron chi connectivity index (χ2n) is 10.3. The van der Waals surface area contributed by atoms with Gasteiger partial charge >= 0.3 is 12.4 Å². The molecule has 0 bridgehead atoms. The highest BCUT2D eigenvalue weighted by molar-refractivity contribution is 7.89. The number of hydrogen-bond donors (Lipinski definition) is 3. The molecule has 41 heavy (non-hydrogen) atoms. The Morgan fingerprint density at radius 1 is 1.10 bits per heavy atom. The molecule has 1 aliphatic rings. The van der Waals surface area contributed by atoms with E-state index >= 15 is 0 Å². The van der Waals surface area contributed by atoms with Crippen molar-refractivity contribution < 1.29 is 44.7 Å². The Morgan fingerprint density at radius 2 is 1.73 bits per heavy atom. The number of carbonyl (C=O) groups excluding carboxylic acids is 1. The van der Waals surface area contributed by atoms with Crippen LogP contribution in [0.5, 0.6) is 0 Å². The van der Waals surface area contributed by atoms with Crippen molar-refractivity contribution in [2.24, 2.45) is 5.92 Å². The topological polar surface area (TPSA) is 108 Å². The number of aromatic nitrogens is 1. The summed E-state index contributed by atoms with van der Waals surface area (Å²) in [6.07, 6.45) is -6.44. The van der Waals surface area contributed by atoms with Gasteiger partial charge in [-0.25, -0.2) is 13.4 Å². The standard InChI is InChI=1S/C26H27F6N3O4S2/c1-14(25(27,28)29)35-41(38,39)20-11-10-18(16-8-3-4-9-17(16)20)21-19(12-15-6-5-7-15)34-23(40-21)22(36)33-13-24(2,37)26(30,31)32/h3-4,8-11,14-15,35,37H,5-7,12-13H2,1-2H3,(H,33,36)/t14-,24?/m0/s1. The van der Waals surface area contributed by atoms with E-state index in [-0.39, 0.29) is 21.2 Å². The number of rotatable bonds is 9. The summed E-state index contributed by atoms with van der Waals surface area (Å²) in [5.41, 5.74) is -2.19. The smallest absolute Gasteiger partial charge is 0.379 e. The minimum Gasteiger partial charge on any atom is -0.379 e. The normalized spacial score (nSPS) is 17.2. The Kier molecular flexibility index (Phi) is 8.48. The molecule has 1 aliphatic carbocycles. The van der Waals surface area contributed by atoms with E-state index in [2.05, 4.69) is 10.3 Å². The van der Waals surface area contributed by atoms with Gasteiger partial charge in [0.2, 0.25) is 10.0 Å². The molecule has 1 fully saturated rings. The van der Waals surface area contributed by atoms with Crippen LogP contribution in [0.2, 0.25) is 0 Å². The van der Waals surface area contributed by atoms with Crippen molar-refractivity contribution in [3.8, 4) is 10.4 Å². The van der Waals surface area contributed by atoms with Crippen LogP contribution < -0.4 is 10.0 Å². The van der Waals surface area contributed by atoms with Crippen molar-refractivity contribution in [2.45, 2.75) is 68.4 Å². The average Bonchev–Trinajstić information content (AvgIpc) is 3.26. The second-order valence-corrected chi connectivity index (χ2v) is 13.0. The molecule has 0 radical (unpaired) electrons. The third kappa shape index (κ3) is 6.68. The number of fused-ring (bicyclic) bond motifs is 1. The van der Waals surface area contributed by atoms with E-state index in [0.29, 0.717) is 41.8 Å². The number of sulfonamides is 1. The number of thiazole rings is 1. The molecule has 3 N–H and O–H groups in total. The molecular formula is C26H27F6N3O4S2. The fraction of sp³-hybridized carbons (Fsp3) is 0.462. The van der Waals surface area contributed by atoms with Gasteiger partial charge in [-0.2, -0.15) is 31.1 Å². The lowest BCUT2D eigenvalue weighted by Gasteiger charge is -2.26. The van der Waals surface area contributed by atoms with E-state index in [0.717, 1.165) is 30.6 Å². The maximum Gasteiger partial charge on any atom is 0.418 e. The molecule has 3 aromatic rings. The van der Waals surface area contributed by atoms with Gasteiger partial charge < -0.3 is 10.4 Å². The van der Waals surface area contributed by atoms with Gasteiger partial charge in [-0.1, -0.05) is 49.6 Å². The van der Waals surface area contributed by atoms with Crippen molar-refractivity contribution in [1.29, 1.82) is 0 Å². The predicted molar refractivity (Wildman–Crippen MR) is 141 cm³/mol. The monoisotopic (exact) mass is 623 g/mol. The zero-order valence-corrected chi connectivity index (χ0v) is 23.5. The zero-order chi connectivity index (χ0) is 30.4. The van der Waals surface area contributed by atoms with Crippen molar-refractivity contribution in [3.63, 3.8) is 0 Å². The first-order chi connectivity index (χ1) is 18.9. The van der Waals surface area contributed by atoms with Gasteiger partial charge in [0.15, 0.2) is 10.6 Å². The number of hydrogen-bond acceptors (Lipinski definition) is 6. The maximum absolute atomic E-state index is 13.1. The summed E-state index contributed by atoms with van der Waals surface area (Å²) in [4.78, 5) is 17.3. The van der Waals surface area contributed by atoms with Crippen LogP contribution in [-0.4, -0.2) is 55.0 Å². The van der Waals surface area contributed by atoms with Crippen molar-refractivity contribution in [3.05, 3.63) is 47.1 Å². The van der Waals surface area contributed by atoms with Gasteiger partial charge in [-0.3, -0.25) is 4.79 Å². The number of halogens is 6. The molecule has 0 spiro atoms. The van der Waals surface area contributed by atoms with Crippen LogP contribution in [0.3, 0.4) is 0 Å². The van der Waals surface area contributed by atoms with E-state index in [9.17, 15) is 44.7 Å². The molecule has 1 heterocycles. The predicted octanol–water partition coefficient (Wildman–Crippen LogP) is 5.58. The molecule has 2 atom stereocenters. The summed E-state index contributed by atoms with van der Waals surface area (Å²) < 4.78 is 106. The summed E-state index contributed by atoms with van der Waals surface area (Å²) in [5.74, 6) is -0.647. The van der Waals surface area contributed by atoms with Gasteiger partial charge in [0.1, 0.15) is 6.04 Å². The van der Waals surface area contributed by atoms with E-state index < -0.39 is 46.5 Å². The van der Waals surface area contributed by atoms with Gasteiger partial charge in [-0.05, 0) is 37.6 Å². The molecule has 1 saturated carbocycles. The number of nitrogens with zero attached hydrogens (tertiary/aromatic N) is 1.